The fourth-order valence-corrected chi connectivity index (χ4v) is 3.06. The zero-order chi connectivity index (χ0) is 19.2. The fourth-order valence-electron chi connectivity index (χ4n) is 3.06. The van der Waals surface area contributed by atoms with E-state index in [0.717, 1.165) is 24.1 Å². The molecule has 0 fully saturated rings. The molecule has 28 heavy (non-hydrogen) atoms. The Bertz CT molecular complexity index is 1000. The van der Waals surface area contributed by atoms with Crippen molar-refractivity contribution in [2.75, 3.05) is 6.54 Å². The van der Waals surface area contributed by atoms with Crippen LogP contribution in [0.3, 0.4) is 0 Å². The molecule has 0 radical (unpaired) electrons. The standard InChI is InChI=1S/C23H20FN3O/c24-20-13-11-18(12-14-20)21(25-16-15-17-7-3-1-4-8-17)23-27-26-22(28-23)19-9-5-2-6-10-19/h1-14,21,25H,15-16H2/t21-/m1/s1. The van der Waals surface area contributed by atoms with Crippen molar-refractivity contribution in [3.8, 4) is 11.5 Å². The molecule has 0 aliphatic rings. The van der Waals surface area contributed by atoms with Crippen molar-refractivity contribution in [1.29, 1.82) is 0 Å². The maximum Gasteiger partial charge on any atom is 0.247 e. The van der Waals surface area contributed by atoms with Crippen LogP contribution in [0.1, 0.15) is 23.1 Å². The summed E-state index contributed by atoms with van der Waals surface area (Å²) in [4.78, 5) is 0. The maximum absolute atomic E-state index is 13.4. The van der Waals surface area contributed by atoms with Gasteiger partial charge in [-0.25, -0.2) is 4.39 Å². The number of rotatable bonds is 7. The predicted octanol–water partition coefficient (Wildman–Crippen LogP) is 4.80. The van der Waals surface area contributed by atoms with Gasteiger partial charge in [0, 0.05) is 12.1 Å². The monoisotopic (exact) mass is 373 g/mol. The average molecular weight is 373 g/mol. The minimum Gasteiger partial charge on any atom is -0.419 e. The first-order valence-corrected chi connectivity index (χ1v) is 9.21. The second kappa shape index (κ2) is 8.59. The van der Waals surface area contributed by atoms with Crippen LogP contribution in [-0.4, -0.2) is 16.7 Å². The summed E-state index contributed by atoms with van der Waals surface area (Å²) >= 11 is 0. The van der Waals surface area contributed by atoms with Crippen LogP contribution in [-0.2, 0) is 6.42 Å². The molecule has 0 aliphatic carbocycles. The summed E-state index contributed by atoms with van der Waals surface area (Å²) in [7, 11) is 0. The first-order chi connectivity index (χ1) is 13.8. The van der Waals surface area contributed by atoms with E-state index in [9.17, 15) is 4.39 Å². The first kappa shape index (κ1) is 18.1. The molecule has 0 saturated heterocycles. The smallest absolute Gasteiger partial charge is 0.247 e. The summed E-state index contributed by atoms with van der Waals surface area (Å²) in [5.41, 5.74) is 2.98. The van der Waals surface area contributed by atoms with Crippen molar-refractivity contribution in [3.63, 3.8) is 0 Å². The van der Waals surface area contributed by atoms with Crippen LogP contribution in [0.25, 0.3) is 11.5 Å². The number of nitrogens with one attached hydrogen (secondary N) is 1. The van der Waals surface area contributed by atoms with E-state index in [2.05, 4.69) is 27.6 Å². The third kappa shape index (κ3) is 4.32. The number of nitrogens with zero attached hydrogens (tertiary/aromatic N) is 2. The highest BCUT2D eigenvalue weighted by molar-refractivity contribution is 5.51. The summed E-state index contributed by atoms with van der Waals surface area (Å²) < 4.78 is 19.3. The Labute approximate surface area is 163 Å². The molecule has 4 aromatic rings. The average Bonchev–Trinajstić information content (AvgIpc) is 3.23. The second-order valence-corrected chi connectivity index (χ2v) is 6.49. The molecule has 0 spiro atoms. The molecule has 4 rings (SSSR count). The molecule has 5 heteroatoms. The van der Waals surface area contributed by atoms with Gasteiger partial charge in [0.05, 0.1) is 0 Å². The Kier molecular flexibility index (Phi) is 5.54. The molecule has 0 aliphatic heterocycles. The van der Waals surface area contributed by atoms with Gasteiger partial charge in [-0.05, 0) is 41.8 Å². The van der Waals surface area contributed by atoms with E-state index in [-0.39, 0.29) is 11.9 Å². The Hall–Kier alpha value is -3.31. The number of aromatic nitrogens is 2. The Morgan fingerprint density at radius 3 is 2.21 bits per heavy atom. The lowest BCUT2D eigenvalue weighted by molar-refractivity contribution is 0.440. The predicted molar refractivity (Wildman–Crippen MR) is 106 cm³/mol. The fraction of sp³-hybridized carbons (Fsp3) is 0.130. The first-order valence-electron chi connectivity index (χ1n) is 9.21. The van der Waals surface area contributed by atoms with Crippen LogP contribution in [0.4, 0.5) is 4.39 Å². The Balaban J connectivity index is 1.56. The van der Waals surface area contributed by atoms with Gasteiger partial charge < -0.3 is 9.73 Å². The summed E-state index contributed by atoms with van der Waals surface area (Å²) in [5.74, 6) is 0.647. The van der Waals surface area contributed by atoms with E-state index in [0.29, 0.717) is 11.8 Å². The van der Waals surface area contributed by atoms with Gasteiger partial charge in [0.2, 0.25) is 11.8 Å². The minimum absolute atomic E-state index is 0.276. The number of hydrogen-bond acceptors (Lipinski definition) is 4. The number of halogens is 1. The van der Waals surface area contributed by atoms with Gasteiger partial charge in [-0.3, -0.25) is 0 Å². The van der Waals surface area contributed by atoms with E-state index >= 15 is 0 Å². The van der Waals surface area contributed by atoms with Gasteiger partial charge in [-0.1, -0.05) is 60.7 Å². The molecule has 3 aromatic carbocycles. The van der Waals surface area contributed by atoms with Crippen LogP contribution < -0.4 is 5.32 Å². The van der Waals surface area contributed by atoms with E-state index in [1.807, 2.05) is 48.5 Å². The van der Waals surface area contributed by atoms with Gasteiger partial charge in [-0.15, -0.1) is 10.2 Å². The normalized spacial score (nSPS) is 12.0. The number of hydrogen-bond donors (Lipinski definition) is 1. The SMILES string of the molecule is Fc1ccc([C@@H](NCCc2ccccc2)c2nnc(-c3ccccc3)o2)cc1. The van der Waals surface area contributed by atoms with Gasteiger partial charge in [-0.2, -0.15) is 0 Å². The van der Waals surface area contributed by atoms with Crippen LogP contribution in [0.5, 0.6) is 0 Å². The van der Waals surface area contributed by atoms with Crippen molar-refractivity contribution in [2.45, 2.75) is 12.5 Å². The van der Waals surface area contributed by atoms with Gasteiger partial charge in [0.25, 0.3) is 0 Å². The molecule has 0 amide bonds. The van der Waals surface area contributed by atoms with Crippen LogP contribution in [0.2, 0.25) is 0 Å². The van der Waals surface area contributed by atoms with Gasteiger partial charge >= 0.3 is 0 Å². The van der Waals surface area contributed by atoms with Crippen LogP contribution in [0, 0.1) is 5.82 Å². The van der Waals surface area contributed by atoms with Crippen molar-refractivity contribution in [2.24, 2.45) is 0 Å². The van der Waals surface area contributed by atoms with E-state index < -0.39 is 0 Å². The third-order valence-corrected chi connectivity index (χ3v) is 4.52. The zero-order valence-electron chi connectivity index (χ0n) is 15.3. The van der Waals surface area contributed by atoms with Crippen LogP contribution >= 0.6 is 0 Å². The highest BCUT2D eigenvalue weighted by atomic mass is 19.1. The quantitative estimate of drug-likeness (QED) is 0.506. The molecule has 1 heterocycles. The maximum atomic E-state index is 13.4. The molecule has 4 nitrogen and oxygen atoms in total. The summed E-state index contributed by atoms with van der Waals surface area (Å²) in [6, 6.07) is 25.9. The molecule has 1 N–H and O–H groups in total. The van der Waals surface area contributed by atoms with E-state index in [1.165, 1.54) is 17.7 Å². The Morgan fingerprint density at radius 1 is 0.821 bits per heavy atom. The topological polar surface area (TPSA) is 51.0 Å². The molecule has 0 bridgehead atoms. The van der Waals surface area contributed by atoms with Crippen molar-refractivity contribution < 1.29 is 8.81 Å². The van der Waals surface area contributed by atoms with Gasteiger partial charge in [0.1, 0.15) is 11.9 Å². The third-order valence-electron chi connectivity index (χ3n) is 4.52. The molecule has 1 aromatic heterocycles. The highest BCUT2D eigenvalue weighted by Gasteiger charge is 2.21. The second-order valence-electron chi connectivity index (χ2n) is 6.49. The summed E-state index contributed by atoms with van der Waals surface area (Å²) in [6.45, 7) is 0.717. The number of benzene rings is 3. The molecule has 1 atom stereocenters. The lowest BCUT2D eigenvalue weighted by Crippen LogP contribution is -2.25. The van der Waals surface area contributed by atoms with E-state index in [1.54, 1.807) is 12.1 Å². The molecule has 0 unspecified atom stereocenters. The van der Waals surface area contributed by atoms with Crippen molar-refractivity contribution in [1.82, 2.24) is 15.5 Å². The van der Waals surface area contributed by atoms with Gasteiger partial charge in [0.15, 0.2) is 0 Å². The van der Waals surface area contributed by atoms with E-state index in [4.69, 9.17) is 4.42 Å². The summed E-state index contributed by atoms with van der Waals surface area (Å²) in [5, 5.41) is 11.9. The summed E-state index contributed by atoms with van der Waals surface area (Å²) in [6.07, 6.45) is 0.859. The lowest BCUT2D eigenvalue weighted by atomic mass is 10.1. The lowest BCUT2D eigenvalue weighted by Gasteiger charge is -2.16. The molecular formula is C23H20FN3O. The zero-order valence-corrected chi connectivity index (χ0v) is 15.3. The highest BCUT2D eigenvalue weighted by Crippen LogP contribution is 2.25. The minimum atomic E-state index is -0.311. The Morgan fingerprint density at radius 2 is 1.50 bits per heavy atom. The van der Waals surface area contributed by atoms with Crippen molar-refractivity contribution >= 4 is 0 Å². The van der Waals surface area contributed by atoms with Crippen LogP contribution in [0.15, 0.2) is 89.3 Å². The molecular weight excluding hydrogens is 353 g/mol. The molecule has 0 saturated carbocycles. The largest absolute Gasteiger partial charge is 0.419 e. The molecule has 140 valence electrons. The van der Waals surface area contributed by atoms with Crippen molar-refractivity contribution in [3.05, 3.63) is 108 Å².